The fourth-order valence-corrected chi connectivity index (χ4v) is 3.69. The number of hydrogen-bond donors (Lipinski definition) is 3. The molecule has 1 heterocycles. The van der Waals surface area contributed by atoms with E-state index in [1.807, 2.05) is 26.7 Å². The van der Waals surface area contributed by atoms with Gasteiger partial charge < -0.3 is 15.5 Å². The maximum absolute atomic E-state index is 12.9. The molecule has 2 rings (SSSR count). The Hall–Kier alpha value is -2.68. The summed E-state index contributed by atoms with van der Waals surface area (Å²) in [7, 11) is 0. The topological polar surface area (TPSA) is 78.5 Å². The van der Waals surface area contributed by atoms with Crippen molar-refractivity contribution >= 4 is 47.7 Å². The zero-order valence-corrected chi connectivity index (χ0v) is 19.8. The molecule has 0 spiro atoms. The Morgan fingerprint density at radius 1 is 1.18 bits per heavy atom. The largest absolute Gasteiger partial charge is 0.471 e. The van der Waals surface area contributed by atoms with Crippen molar-refractivity contribution in [3.05, 3.63) is 57.2 Å². The Bertz CT molecular complexity index is 1040. The van der Waals surface area contributed by atoms with Crippen LogP contribution >= 0.6 is 24.2 Å². The number of thiol groups is 1. The van der Waals surface area contributed by atoms with Gasteiger partial charge in [-0.15, -0.1) is 12.6 Å². The summed E-state index contributed by atoms with van der Waals surface area (Å²) in [6.07, 6.45) is -4.20. The highest BCUT2D eigenvalue weighted by molar-refractivity contribution is 7.84. The second-order valence-corrected chi connectivity index (χ2v) is 9.26. The first-order valence-corrected chi connectivity index (χ1v) is 10.6. The number of alkyl halides is 3. The number of allylic oxidation sites excluding steroid dienone is 1. The van der Waals surface area contributed by atoms with E-state index in [4.69, 9.17) is 11.6 Å². The molecule has 1 aliphatic rings. The molecule has 0 radical (unpaired) electrons. The third kappa shape index (κ3) is 7.15. The predicted octanol–water partition coefficient (Wildman–Crippen LogP) is 4.49. The zero-order valence-electron chi connectivity index (χ0n) is 18.1. The van der Waals surface area contributed by atoms with Crippen LogP contribution in [0.15, 0.2) is 52.2 Å². The molecule has 0 saturated heterocycles. The van der Waals surface area contributed by atoms with Gasteiger partial charge in [0.15, 0.2) is 0 Å². The number of hydrogen-bond acceptors (Lipinski definition) is 5. The van der Waals surface area contributed by atoms with Crippen LogP contribution in [0.4, 0.5) is 18.9 Å². The number of carbonyl (C=O) groups is 2. The van der Waals surface area contributed by atoms with Crippen LogP contribution in [0.1, 0.15) is 27.2 Å². The minimum absolute atomic E-state index is 0.152. The summed E-state index contributed by atoms with van der Waals surface area (Å²) in [5, 5.41) is 4.64. The van der Waals surface area contributed by atoms with Gasteiger partial charge in [-0.3, -0.25) is 9.59 Å². The Kier molecular flexibility index (Phi) is 8.46. The maximum atomic E-state index is 12.9. The average Bonchev–Trinajstić information content (AvgIpc) is 2.69. The summed E-state index contributed by atoms with van der Waals surface area (Å²) >= 11 is 10.3. The quantitative estimate of drug-likeness (QED) is 0.315. The predicted molar refractivity (Wildman–Crippen MR) is 123 cm³/mol. The van der Waals surface area contributed by atoms with Gasteiger partial charge in [-0.1, -0.05) is 32.4 Å². The number of anilines is 1. The van der Waals surface area contributed by atoms with Crippen molar-refractivity contribution in [2.45, 2.75) is 33.4 Å². The van der Waals surface area contributed by atoms with E-state index in [1.165, 1.54) is 24.3 Å². The first-order valence-electron chi connectivity index (χ1n) is 9.80. The Balaban J connectivity index is 2.39. The lowest BCUT2D eigenvalue weighted by Gasteiger charge is -2.36. The maximum Gasteiger partial charge on any atom is 0.471 e. The molecule has 0 atom stereocenters. The Morgan fingerprint density at radius 2 is 1.79 bits per heavy atom. The summed E-state index contributed by atoms with van der Waals surface area (Å²) in [5.41, 5.74) is 0.450. The van der Waals surface area contributed by atoms with E-state index in [2.05, 4.69) is 17.9 Å². The van der Waals surface area contributed by atoms with Gasteiger partial charge in [0.2, 0.25) is 0 Å². The SMILES string of the molecule is CC(C)(C)C(=C=O)N1CCC(/C(=C/NC(=O)C(F)(F)F)C(=O)Nc2ccc(Cl)cc2)=C(S)C1. The highest BCUT2D eigenvalue weighted by atomic mass is 35.5. The summed E-state index contributed by atoms with van der Waals surface area (Å²) in [6.45, 7) is 6.01. The van der Waals surface area contributed by atoms with Gasteiger partial charge >= 0.3 is 12.1 Å². The lowest BCUT2D eigenvalue weighted by molar-refractivity contribution is -0.172. The first-order chi connectivity index (χ1) is 15.2. The molecule has 33 heavy (non-hydrogen) atoms. The fourth-order valence-electron chi connectivity index (χ4n) is 3.16. The minimum Gasteiger partial charge on any atom is -0.360 e. The van der Waals surface area contributed by atoms with Gasteiger partial charge in [0, 0.05) is 40.3 Å². The zero-order chi connectivity index (χ0) is 25.0. The average molecular weight is 502 g/mol. The molecular formula is C22H23ClF3N3O3S. The van der Waals surface area contributed by atoms with Crippen molar-refractivity contribution < 1.29 is 27.6 Å². The molecular weight excluding hydrogens is 479 g/mol. The molecule has 0 saturated carbocycles. The van der Waals surface area contributed by atoms with E-state index in [0.29, 0.717) is 33.4 Å². The summed E-state index contributed by atoms with van der Waals surface area (Å²) in [4.78, 5) is 37.9. The van der Waals surface area contributed by atoms with Gasteiger partial charge in [-0.2, -0.15) is 13.2 Å². The van der Waals surface area contributed by atoms with Crippen LogP contribution in [0.25, 0.3) is 0 Å². The molecule has 1 aliphatic heterocycles. The van der Waals surface area contributed by atoms with Gasteiger partial charge in [-0.25, -0.2) is 4.79 Å². The number of nitrogens with zero attached hydrogens (tertiary/aromatic N) is 1. The molecule has 6 nitrogen and oxygen atoms in total. The highest BCUT2D eigenvalue weighted by Crippen LogP contribution is 2.34. The van der Waals surface area contributed by atoms with Gasteiger partial charge in [0.05, 0.1) is 5.57 Å². The molecule has 0 bridgehead atoms. The van der Waals surface area contributed by atoms with Crippen LogP contribution in [-0.2, 0) is 14.4 Å². The van der Waals surface area contributed by atoms with Crippen molar-refractivity contribution in [2.75, 3.05) is 18.4 Å². The summed E-state index contributed by atoms with van der Waals surface area (Å²) < 4.78 is 38.0. The third-order valence-electron chi connectivity index (χ3n) is 4.72. The molecule has 178 valence electrons. The second-order valence-electron chi connectivity index (χ2n) is 8.29. The van der Waals surface area contributed by atoms with E-state index in [0.717, 1.165) is 6.20 Å². The van der Waals surface area contributed by atoms with E-state index >= 15 is 0 Å². The van der Waals surface area contributed by atoms with E-state index in [-0.39, 0.29) is 18.5 Å². The number of nitrogens with one attached hydrogen (secondary N) is 2. The molecule has 11 heteroatoms. The minimum atomic E-state index is -5.12. The number of rotatable bonds is 5. The summed E-state index contributed by atoms with van der Waals surface area (Å²) in [5.74, 6) is -1.01. The molecule has 1 aromatic carbocycles. The Morgan fingerprint density at radius 3 is 2.27 bits per heavy atom. The van der Waals surface area contributed by atoms with Gasteiger partial charge in [0.25, 0.3) is 5.91 Å². The van der Waals surface area contributed by atoms with Crippen molar-refractivity contribution in [2.24, 2.45) is 5.41 Å². The monoisotopic (exact) mass is 501 g/mol. The van der Waals surface area contributed by atoms with Crippen molar-refractivity contribution in [1.29, 1.82) is 0 Å². The number of amides is 2. The number of halogens is 4. The van der Waals surface area contributed by atoms with Crippen LogP contribution in [0, 0.1) is 5.41 Å². The van der Waals surface area contributed by atoms with Crippen molar-refractivity contribution in [1.82, 2.24) is 10.2 Å². The highest BCUT2D eigenvalue weighted by Gasteiger charge is 2.38. The second kappa shape index (κ2) is 10.5. The fraction of sp³-hybridized carbons (Fsp3) is 0.364. The number of carbonyl (C=O) groups excluding carboxylic acids is 3. The van der Waals surface area contributed by atoms with Gasteiger partial charge in [-0.05, 0) is 36.3 Å². The van der Waals surface area contributed by atoms with E-state index in [9.17, 15) is 27.6 Å². The van der Waals surface area contributed by atoms with Crippen LogP contribution in [0.2, 0.25) is 5.02 Å². The van der Waals surface area contributed by atoms with Crippen LogP contribution in [0.3, 0.4) is 0 Å². The van der Waals surface area contributed by atoms with Crippen molar-refractivity contribution in [3.8, 4) is 0 Å². The molecule has 1 aromatic rings. The van der Waals surface area contributed by atoms with E-state index < -0.39 is 23.4 Å². The van der Waals surface area contributed by atoms with Crippen molar-refractivity contribution in [3.63, 3.8) is 0 Å². The summed E-state index contributed by atoms with van der Waals surface area (Å²) in [6, 6.07) is 6.12. The molecule has 0 unspecified atom stereocenters. The molecule has 2 N–H and O–H groups in total. The Labute approximate surface area is 199 Å². The number of benzene rings is 1. The van der Waals surface area contributed by atoms with Crippen LogP contribution in [0.5, 0.6) is 0 Å². The van der Waals surface area contributed by atoms with Crippen LogP contribution in [-0.4, -0.2) is 41.9 Å². The lowest BCUT2D eigenvalue weighted by atomic mass is 9.90. The normalized spacial score (nSPS) is 15.2. The molecule has 2 amide bonds. The third-order valence-corrected chi connectivity index (χ3v) is 5.38. The lowest BCUT2D eigenvalue weighted by Crippen LogP contribution is -2.37. The van der Waals surface area contributed by atoms with Gasteiger partial charge in [0.1, 0.15) is 11.6 Å². The first kappa shape index (κ1) is 26.6. The standard InChI is InChI=1S/C22H23ClF3N3O3S/c1-21(2,3)18(12-30)29-9-8-15(17(33)11-29)16(10-27-20(32)22(24,25)26)19(31)28-14-6-4-13(23)5-7-14/h4-7,10,33H,8-9,11H2,1-3H3,(H,27,32)(H,28,31)/b16-10-. The molecule has 0 aliphatic carbocycles. The smallest absolute Gasteiger partial charge is 0.360 e. The van der Waals surface area contributed by atoms with Crippen LogP contribution < -0.4 is 10.6 Å². The molecule has 0 aromatic heterocycles. The molecule has 0 fully saturated rings. The van der Waals surface area contributed by atoms with E-state index in [1.54, 1.807) is 10.2 Å².